The number of hydrogen-bond acceptors (Lipinski definition) is 3. The van der Waals surface area contributed by atoms with E-state index in [1.54, 1.807) is 12.4 Å². The molecule has 3 aromatic rings. The second-order valence-corrected chi connectivity index (χ2v) is 5.49. The molecule has 0 bridgehead atoms. The number of nitrogens with zero attached hydrogens (tertiary/aromatic N) is 3. The summed E-state index contributed by atoms with van der Waals surface area (Å²) in [4.78, 5) is 15.5. The van der Waals surface area contributed by atoms with Crippen molar-refractivity contribution < 1.29 is 0 Å². The second kappa shape index (κ2) is 5.52. The number of halogens is 3. The van der Waals surface area contributed by atoms with Crippen LogP contribution >= 0.6 is 39.1 Å². The molecule has 1 aromatic carbocycles. The summed E-state index contributed by atoms with van der Waals surface area (Å²) < 4.78 is 0.873. The molecule has 0 unspecified atom stereocenters. The molecule has 0 spiro atoms. The van der Waals surface area contributed by atoms with E-state index in [1.807, 2.05) is 24.3 Å². The summed E-state index contributed by atoms with van der Waals surface area (Å²) in [6.07, 6.45) is 3.30. The summed E-state index contributed by atoms with van der Waals surface area (Å²) in [6.45, 7) is 0. The third-order valence-electron chi connectivity index (χ3n) is 2.67. The van der Waals surface area contributed by atoms with Crippen LogP contribution in [-0.2, 0) is 0 Å². The number of aromatic nitrogens is 4. The molecule has 0 radical (unpaired) electrons. The lowest BCUT2D eigenvalue weighted by Crippen LogP contribution is -1.96. The van der Waals surface area contributed by atoms with Crippen molar-refractivity contribution in [1.82, 2.24) is 19.9 Å². The Morgan fingerprint density at radius 2 is 1.75 bits per heavy atom. The van der Waals surface area contributed by atoms with Gasteiger partial charge in [-0.2, -0.15) is 0 Å². The molecule has 3 rings (SSSR count). The fraction of sp³-hybridized carbons (Fsp3) is 0. The van der Waals surface area contributed by atoms with Gasteiger partial charge in [-0.25, -0.2) is 15.0 Å². The highest BCUT2D eigenvalue weighted by molar-refractivity contribution is 9.10. The van der Waals surface area contributed by atoms with E-state index in [1.165, 1.54) is 0 Å². The first-order chi connectivity index (χ1) is 9.66. The molecule has 0 aliphatic rings. The maximum Gasteiger partial charge on any atom is 0.198 e. The van der Waals surface area contributed by atoms with Crippen LogP contribution < -0.4 is 0 Å². The predicted molar refractivity (Wildman–Crippen MR) is 82.8 cm³/mol. The van der Waals surface area contributed by atoms with Gasteiger partial charge in [0, 0.05) is 22.4 Å². The van der Waals surface area contributed by atoms with E-state index >= 15 is 0 Å². The van der Waals surface area contributed by atoms with Crippen LogP contribution in [0.2, 0.25) is 10.3 Å². The van der Waals surface area contributed by atoms with Crippen LogP contribution in [0.15, 0.2) is 41.1 Å². The van der Waals surface area contributed by atoms with Crippen molar-refractivity contribution in [1.29, 1.82) is 0 Å². The number of hydrogen-bond donors (Lipinski definition) is 1. The summed E-state index contributed by atoms with van der Waals surface area (Å²) in [7, 11) is 0. The van der Waals surface area contributed by atoms with Crippen molar-refractivity contribution in [2.24, 2.45) is 0 Å². The Bertz CT molecular complexity index is 736. The standard InChI is InChI=1S/C13H7BrCl2N4/c14-8-4-2-1-3-7(8)9-10(15)19-13(20-11(9)16)12-17-5-6-18-12/h1-6H,(H,17,18). The summed E-state index contributed by atoms with van der Waals surface area (Å²) in [6, 6.07) is 7.61. The molecule has 2 heterocycles. The monoisotopic (exact) mass is 368 g/mol. The zero-order valence-electron chi connectivity index (χ0n) is 9.94. The van der Waals surface area contributed by atoms with E-state index in [4.69, 9.17) is 23.2 Å². The van der Waals surface area contributed by atoms with Crippen molar-refractivity contribution in [3.63, 3.8) is 0 Å². The summed E-state index contributed by atoms with van der Waals surface area (Å²) in [5.74, 6) is 0.883. The fourth-order valence-corrected chi connectivity index (χ4v) is 2.86. The van der Waals surface area contributed by atoms with Crippen LogP contribution in [0.25, 0.3) is 22.8 Å². The van der Waals surface area contributed by atoms with Crippen LogP contribution in [-0.4, -0.2) is 19.9 Å². The van der Waals surface area contributed by atoms with Gasteiger partial charge >= 0.3 is 0 Å². The molecule has 20 heavy (non-hydrogen) atoms. The Morgan fingerprint density at radius 1 is 1.05 bits per heavy atom. The van der Waals surface area contributed by atoms with E-state index in [0.29, 0.717) is 17.2 Å². The molecule has 0 saturated carbocycles. The highest BCUT2D eigenvalue weighted by atomic mass is 79.9. The van der Waals surface area contributed by atoms with E-state index in [9.17, 15) is 0 Å². The van der Waals surface area contributed by atoms with Gasteiger partial charge in [-0.3, -0.25) is 0 Å². The SMILES string of the molecule is Clc1nc(-c2ncc[nH]2)nc(Cl)c1-c1ccccc1Br. The first kappa shape index (κ1) is 13.5. The van der Waals surface area contributed by atoms with Gasteiger partial charge < -0.3 is 4.98 Å². The highest BCUT2D eigenvalue weighted by Gasteiger charge is 2.17. The molecule has 100 valence electrons. The molecule has 0 aliphatic heterocycles. The minimum absolute atomic E-state index is 0.281. The maximum absolute atomic E-state index is 6.26. The van der Waals surface area contributed by atoms with Gasteiger partial charge in [0.15, 0.2) is 11.6 Å². The van der Waals surface area contributed by atoms with Crippen LogP contribution in [0.1, 0.15) is 0 Å². The molecule has 0 saturated heterocycles. The smallest absolute Gasteiger partial charge is 0.198 e. The van der Waals surface area contributed by atoms with Crippen LogP contribution in [0, 0.1) is 0 Å². The minimum atomic E-state index is 0.281. The number of rotatable bonds is 2. The summed E-state index contributed by atoms with van der Waals surface area (Å²) in [5.41, 5.74) is 1.43. The van der Waals surface area contributed by atoms with E-state index in [2.05, 4.69) is 35.9 Å². The van der Waals surface area contributed by atoms with Gasteiger partial charge in [-0.1, -0.05) is 57.3 Å². The highest BCUT2D eigenvalue weighted by Crippen LogP contribution is 2.37. The number of H-pyrrole nitrogens is 1. The topological polar surface area (TPSA) is 54.5 Å². The number of benzene rings is 1. The van der Waals surface area contributed by atoms with Crippen LogP contribution in [0.5, 0.6) is 0 Å². The minimum Gasteiger partial charge on any atom is -0.342 e. The Morgan fingerprint density at radius 3 is 2.35 bits per heavy atom. The number of imidazole rings is 1. The summed E-state index contributed by atoms with van der Waals surface area (Å²) in [5, 5.41) is 0.562. The van der Waals surface area contributed by atoms with Crippen molar-refractivity contribution >= 4 is 39.1 Å². The molecular formula is C13H7BrCl2N4. The summed E-state index contributed by atoms with van der Waals surface area (Å²) >= 11 is 16.0. The van der Waals surface area contributed by atoms with E-state index < -0.39 is 0 Å². The number of aromatic amines is 1. The molecule has 2 aromatic heterocycles. The molecule has 1 N–H and O–H groups in total. The number of nitrogens with one attached hydrogen (secondary N) is 1. The molecule has 4 nitrogen and oxygen atoms in total. The first-order valence-electron chi connectivity index (χ1n) is 5.64. The lowest BCUT2D eigenvalue weighted by Gasteiger charge is -2.09. The fourth-order valence-electron chi connectivity index (χ4n) is 1.79. The zero-order valence-corrected chi connectivity index (χ0v) is 13.0. The zero-order chi connectivity index (χ0) is 14.1. The Hall–Kier alpha value is -1.43. The van der Waals surface area contributed by atoms with Crippen molar-refractivity contribution in [2.45, 2.75) is 0 Å². The second-order valence-electron chi connectivity index (χ2n) is 3.92. The van der Waals surface area contributed by atoms with E-state index in [-0.39, 0.29) is 10.3 Å². The molecule has 0 fully saturated rings. The lowest BCUT2D eigenvalue weighted by atomic mass is 10.1. The Balaban J connectivity index is 2.17. The van der Waals surface area contributed by atoms with Gasteiger partial charge in [-0.15, -0.1) is 0 Å². The Labute approximate surface area is 133 Å². The third kappa shape index (κ3) is 2.44. The van der Waals surface area contributed by atoms with Crippen molar-refractivity contribution in [3.05, 3.63) is 51.4 Å². The quantitative estimate of drug-likeness (QED) is 0.671. The van der Waals surface area contributed by atoms with Crippen molar-refractivity contribution in [3.8, 4) is 22.8 Å². The van der Waals surface area contributed by atoms with Crippen molar-refractivity contribution in [2.75, 3.05) is 0 Å². The van der Waals surface area contributed by atoms with Gasteiger partial charge in [0.25, 0.3) is 0 Å². The van der Waals surface area contributed by atoms with Gasteiger partial charge in [0.1, 0.15) is 10.3 Å². The molecule has 7 heteroatoms. The average molecular weight is 370 g/mol. The van der Waals surface area contributed by atoms with E-state index in [0.717, 1.165) is 10.0 Å². The Kier molecular flexibility index (Phi) is 3.74. The van der Waals surface area contributed by atoms with Gasteiger partial charge in [-0.05, 0) is 6.07 Å². The first-order valence-corrected chi connectivity index (χ1v) is 7.19. The van der Waals surface area contributed by atoms with Crippen LogP contribution in [0.3, 0.4) is 0 Å². The van der Waals surface area contributed by atoms with Gasteiger partial charge in [0.05, 0.1) is 5.56 Å². The predicted octanol–water partition coefficient (Wildman–Crippen LogP) is 4.60. The molecular weight excluding hydrogens is 363 g/mol. The van der Waals surface area contributed by atoms with Gasteiger partial charge in [0.2, 0.25) is 0 Å². The largest absolute Gasteiger partial charge is 0.342 e. The molecule has 0 amide bonds. The normalized spacial score (nSPS) is 10.8. The lowest BCUT2D eigenvalue weighted by molar-refractivity contribution is 1.12. The average Bonchev–Trinajstić information content (AvgIpc) is 2.94. The molecule has 0 aliphatic carbocycles. The maximum atomic E-state index is 6.26. The third-order valence-corrected chi connectivity index (χ3v) is 3.91. The van der Waals surface area contributed by atoms with Crippen LogP contribution in [0.4, 0.5) is 0 Å². The molecule has 0 atom stereocenters.